The molecule has 54 valence electrons. The molecule has 0 rings (SSSR count). The van der Waals surface area contributed by atoms with Crippen LogP contribution in [0, 0.1) is 5.92 Å². The van der Waals surface area contributed by atoms with E-state index in [0.29, 0.717) is 19.1 Å². The van der Waals surface area contributed by atoms with Gasteiger partial charge in [-0.25, -0.2) is 0 Å². The Kier molecular flexibility index (Phi) is 5.57. The Labute approximate surface area is 56.5 Å². The van der Waals surface area contributed by atoms with Crippen molar-refractivity contribution in [3.05, 3.63) is 12.7 Å². The largest absolute Gasteiger partial charge is 0.384 e. The normalized spacial score (nSPS) is 10.1. The third-order valence-corrected chi connectivity index (χ3v) is 1.09. The lowest BCUT2D eigenvalue weighted by Crippen LogP contribution is -2.10. The Hall–Kier alpha value is -0.340. The Bertz CT molecular complexity index is 65.3. The van der Waals surface area contributed by atoms with Crippen molar-refractivity contribution in [3.63, 3.8) is 0 Å². The van der Waals surface area contributed by atoms with Gasteiger partial charge < -0.3 is 9.47 Å². The summed E-state index contributed by atoms with van der Waals surface area (Å²) in [6, 6.07) is 0. The molecule has 2 heteroatoms. The maximum absolute atomic E-state index is 4.90. The summed E-state index contributed by atoms with van der Waals surface area (Å²) in [5.74, 6) is 0.333. The van der Waals surface area contributed by atoms with Crippen LogP contribution in [0.5, 0.6) is 0 Å². The predicted octanol–water partition coefficient (Wildman–Crippen LogP) is 1.08. The summed E-state index contributed by atoms with van der Waals surface area (Å²) in [7, 11) is 3.35. The van der Waals surface area contributed by atoms with E-state index in [1.165, 1.54) is 0 Å². The van der Waals surface area contributed by atoms with E-state index in [4.69, 9.17) is 9.47 Å². The zero-order chi connectivity index (χ0) is 7.11. The maximum Gasteiger partial charge on any atom is 0.0547 e. The fourth-order valence-electron chi connectivity index (χ4n) is 0.612. The standard InChI is InChI=1S/C7H14O2/c1-4-7(5-8-2)6-9-3/h4,7H,1,5-6H2,2-3H3. The number of hydrogen-bond donors (Lipinski definition) is 0. The molecule has 0 bridgehead atoms. The molecule has 0 aromatic carbocycles. The first-order valence-corrected chi connectivity index (χ1v) is 2.95. The molecular weight excluding hydrogens is 116 g/mol. The van der Waals surface area contributed by atoms with Crippen LogP contribution in [0.2, 0.25) is 0 Å². The summed E-state index contributed by atoms with van der Waals surface area (Å²) in [6.07, 6.45) is 1.84. The fraction of sp³-hybridized carbons (Fsp3) is 0.714. The molecule has 0 amide bonds. The summed E-state index contributed by atoms with van der Waals surface area (Å²) in [5, 5.41) is 0. The number of methoxy groups -OCH3 is 2. The van der Waals surface area contributed by atoms with Gasteiger partial charge in [-0.15, -0.1) is 6.58 Å². The molecule has 0 radical (unpaired) electrons. The van der Waals surface area contributed by atoms with E-state index in [1.807, 2.05) is 6.08 Å². The summed E-state index contributed by atoms with van der Waals surface area (Å²) in [4.78, 5) is 0. The van der Waals surface area contributed by atoms with Gasteiger partial charge in [-0.2, -0.15) is 0 Å². The van der Waals surface area contributed by atoms with Crippen molar-refractivity contribution >= 4 is 0 Å². The van der Waals surface area contributed by atoms with Gasteiger partial charge in [0.25, 0.3) is 0 Å². The molecule has 9 heavy (non-hydrogen) atoms. The monoisotopic (exact) mass is 130 g/mol. The molecule has 0 heterocycles. The summed E-state index contributed by atoms with van der Waals surface area (Å²) in [6.45, 7) is 5.02. The van der Waals surface area contributed by atoms with Gasteiger partial charge >= 0.3 is 0 Å². The van der Waals surface area contributed by atoms with Gasteiger partial charge in [0, 0.05) is 20.1 Å². The zero-order valence-corrected chi connectivity index (χ0v) is 6.09. The minimum atomic E-state index is 0.333. The smallest absolute Gasteiger partial charge is 0.0547 e. The first kappa shape index (κ1) is 8.66. The van der Waals surface area contributed by atoms with Crippen LogP contribution in [-0.4, -0.2) is 27.4 Å². The third-order valence-electron chi connectivity index (χ3n) is 1.09. The Balaban J connectivity index is 3.29. The van der Waals surface area contributed by atoms with Crippen molar-refractivity contribution in [1.29, 1.82) is 0 Å². The number of rotatable bonds is 5. The second kappa shape index (κ2) is 5.79. The molecule has 0 aromatic heterocycles. The first-order valence-electron chi connectivity index (χ1n) is 2.95. The van der Waals surface area contributed by atoms with E-state index in [1.54, 1.807) is 14.2 Å². The first-order chi connectivity index (χ1) is 4.35. The van der Waals surface area contributed by atoms with Crippen molar-refractivity contribution < 1.29 is 9.47 Å². The molecule has 0 unspecified atom stereocenters. The van der Waals surface area contributed by atoms with E-state index < -0.39 is 0 Å². The lowest BCUT2D eigenvalue weighted by molar-refractivity contribution is 0.105. The van der Waals surface area contributed by atoms with Crippen LogP contribution in [0.25, 0.3) is 0 Å². The van der Waals surface area contributed by atoms with Crippen molar-refractivity contribution in [2.24, 2.45) is 5.92 Å². The van der Waals surface area contributed by atoms with Crippen LogP contribution in [0.4, 0.5) is 0 Å². The average molecular weight is 130 g/mol. The highest BCUT2D eigenvalue weighted by Crippen LogP contribution is 1.97. The lowest BCUT2D eigenvalue weighted by Gasteiger charge is -2.08. The van der Waals surface area contributed by atoms with Crippen LogP contribution in [0.15, 0.2) is 12.7 Å². The second-order valence-corrected chi connectivity index (χ2v) is 1.91. The predicted molar refractivity (Wildman–Crippen MR) is 37.4 cm³/mol. The Morgan fingerprint density at radius 2 is 1.78 bits per heavy atom. The van der Waals surface area contributed by atoms with Gasteiger partial charge in [0.1, 0.15) is 0 Å². The van der Waals surface area contributed by atoms with Crippen molar-refractivity contribution in [3.8, 4) is 0 Å². The summed E-state index contributed by atoms with van der Waals surface area (Å²) >= 11 is 0. The van der Waals surface area contributed by atoms with Crippen molar-refractivity contribution in [1.82, 2.24) is 0 Å². The van der Waals surface area contributed by atoms with Gasteiger partial charge in [-0.3, -0.25) is 0 Å². The minimum absolute atomic E-state index is 0.333. The topological polar surface area (TPSA) is 18.5 Å². The number of hydrogen-bond acceptors (Lipinski definition) is 2. The summed E-state index contributed by atoms with van der Waals surface area (Å²) < 4.78 is 9.79. The quantitative estimate of drug-likeness (QED) is 0.518. The maximum atomic E-state index is 4.90. The molecule has 0 N–H and O–H groups in total. The third kappa shape index (κ3) is 4.18. The molecule has 0 spiro atoms. The molecule has 0 aromatic rings. The SMILES string of the molecule is C=CC(COC)COC. The number of ether oxygens (including phenoxy) is 2. The van der Waals surface area contributed by atoms with E-state index in [2.05, 4.69) is 6.58 Å². The Morgan fingerprint density at radius 1 is 1.33 bits per heavy atom. The van der Waals surface area contributed by atoms with Crippen molar-refractivity contribution in [2.45, 2.75) is 0 Å². The van der Waals surface area contributed by atoms with Crippen LogP contribution >= 0.6 is 0 Å². The van der Waals surface area contributed by atoms with Gasteiger partial charge in [0.15, 0.2) is 0 Å². The molecule has 0 saturated carbocycles. The van der Waals surface area contributed by atoms with E-state index >= 15 is 0 Å². The molecule has 0 atom stereocenters. The minimum Gasteiger partial charge on any atom is -0.384 e. The van der Waals surface area contributed by atoms with E-state index in [-0.39, 0.29) is 0 Å². The second-order valence-electron chi connectivity index (χ2n) is 1.91. The molecule has 0 aliphatic rings. The molecule has 2 nitrogen and oxygen atoms in total. The molecular formula is C7H14O2. The molecule has 0 fully saturated rings. The summed E-state index contributed by atoms with van der Waals surface area (Å²) in [5.41, 5.74) is 0. The van der Waals surface area contributed by atoms with Gasteiger partial charge in [0.05, 0.1) is 13.2 Å². The van der Waals surface area contributed by atoms with Crippen LogP contribution in [-0.2, 0) is 9.47 Å². The highest BCUT2D eigenvalue weighted by molar-refractivity contribution is 4.77. The van der Waals surface area contributed by atoms with Gasteiger partial charge in [-0.1, -0.05) is 6.08 Å². The average Bonchev–Trinajstić information content (AvgIpc) is 1.88. The van der Waals surface area contributed by atoms with Crippen LogP contribution < -0.4 is 0 Å². The van der Waals surface area contributed by atoms with Gasteiger partial charge in [-0.05, 0) is 0 Å². The highest BCUT2D eigenvalue weighted by atomic mass is 16.5. The molecule has 0 aliphatic carbocycles. The van der Waals surface area contributed by atoms with Crippen LogP contribution in [0.3, 0.4) is 0 Å². The van der Waals surface area contributed by atoms with Gasteiger partial charge in [0.2, 0.25) is 0 Å². The van der Waals surface area contributed by atoms with Crippen LogP contribution in [0.1, 0.15) is 0 Å². The highest BCUT2D eigenvalue weighted by Gasteiger charge is 2.00. The van der Waals surface area contributed by atoms with E-state index in [0.717, 1.165) is 0 Å². The van der Waals surface area contributed by atoms with E-state index in [9.17, 15) is 0 Å². The molecule has 0 saturated heterocycles. The molecule has 0 aliphatic heterocycles. The van der Waals surface area contributed by atoms with Crippen molar-refractivity contribution in [2.75, 3.05) is 27.4 Å². The fourth-order valence-corrected chi connectivity index (χ4v) is 0.612. The lowest BCUT2D eigenvalue weighted by atomic mass is 10.2. The Morgan fingerprint density at radius 3 is 2.00 bits per heavy atom. The zero-order valence-electron chi connectivity index (χ0n) is 6.09.